The number of carbonyl (C=O) groups is 1. The molecule has 94 valence electrons. The topological polar surface area (TPSA) is 83.5 Å². The van der Waals surface area contributed by atoms with Crippen LogP contribution in [-0.2, 0) is 14.8 Å². The zero-order valence-corrected chi connectivity index (χ0v) is 10.5. The van der Waals surface area contributed by atoms with E-state index in [4.69, 9.17) is 16.7 Å². The highest BCUT2D eigenvalue weighted by molar-refractivity contribution is 7.90. The number of benzene rings is 1. The van der Waals surface area contributed by atoms with Crippen LogP contribution in [0, 0.1) is 0 Å². The Morgan fingerprint density at radius 3 is 2.41 bits per heavy atom. The Kier molecular flexibility index (Phi) is 4.77. The molecule has 17 heavy (non-hydrogen) atoms. The summed E-state index contributed by atoms with van der Waals surface area (Å²) in [6.07, 6.45) is 0.472. The lowest BCUT2D eigenvalue weighted by atomic mass is 10.3. The summed E-state index contributed by atoms with van der Waals surface area (Å²) >= 11 is 5.39. The fourth-order valence-electron chi connectivity index (χ4n) is 1.11. The summed E-state index contributed by atoms with van der Waals surface area (Å²) < 4.78 is 25.3. The van der Waals surface area contributed by atoms with Gasteiger partial charge in [-0.1, -0.05) is 0 Å². The van der Waals surface area contributed by atoms with Gasteiger partial charge in [-0.05, 0) is 30.7 Å². The third kappa shape index (κ3) is 4.24. The highest BCUT2D eigenvalue weighted by Gasteiger charge is 2.16. The number of phenols is 1. The molecule has 0 aromatic heterocycles. The van der Waals surface area contributed by atoms with Crippen molar-refractivity contribution in [2.24, 2.45) is 0 Å². The lowest BCUT2D eigenvalue weighted by Crippen LogP contribution is -2.30. The molecule has 0 heterocycles. The van der Waals surface area contributed by atoms with Gasteiger partial charge in [-0.3, -0.25) is 4.79 Å². The minimum Gasteiger partial charge on any atom is -0.508 e. The van der Waals surface area contributed by atoms with Gasteiger partial charge >= 0.3 is 0 Å². The smallest absolute Gasteiger partial charge is 0.264 e. The molecule has 1 rings (SSSR count). The first-order valence-corrected chi connectivity index (χ1v) is 6.88. The summed E-state index contributed by atoms with van der Waals surface area (Å²) in [7, 11) is -3.86. The molecule has 2 N–H and O–H groups in total. The molecule has 5 nitrogen and oxygen atoms in total. The lowest BCUT2D eigenvalue weighted by Gasteiger charge is -2.06. The largest absolute Gasteiger partial charge is 0.508 e. The van der Waals surface area contributed by atoms with Crippen LogP contribution in [0.2, 0.25) is 0 Å². The number of aromatic hydroxyl groups is 1. The standard InChI is InChI=1S/C10H12ClNO4S/c11-7-1-2-10(14)12-17(15,16)9-5-3-8(13)4-6-9/h3-6,13H,1-2,7H2,(H,12,14). The fraction of sp³-hybridized carbons (Fsp3) is 0.300. The molecule has 0 bridgehead atoms. The molecule has 1 amide bonds. The monoisotopic (exact) mass is 277 g/mol. The van der Waals surface area contributed by atoms with Crippen LogP contribution in [0.1, 0.15) is 12.8 Å². The van der Waals surface area contributed by atoms with E-state index in [1.807, 2.05) is 4.72 Å². The molecule has 0 fully saturated rings. The van der Waals surface area contributed by atoms with Crippen molar-refractivity contribution in [2.75, 3.05) is 5.88 Å². The molecule has 0 aliphatic carbocycles. The van der Waals surface area contributed by atoms with Crippen LogP contribution in [0.4, 0.5) is 0 Å². The Morgan fingerprint density at radius 2 is 1.88 bits per heavy atom. The second kappa shape index (κ2) is 5.88. The molecule has 0 radical (unpaired) electrons. The number of alkyl halides is 1. The number of carbonyl (C=O) groups excluding carboxylic acids is 1. The van der Waals surface area contributed by atoms with Crippen molar-refractivity contribution < 1.29 is 18.3 Å². The molecule has 7 heteroatoms. The molecular formula is C10H12ClNO4S. The third-order valence-electron chi connectivity index (χ3n) is 1.93. The first-order valence-electron chi connectivity index (χ1n) is 4.86. The van der Waals surface area contributed by atoms with Crippen LogP contribution < -0.4 is 4.72 Å². The van der Waals surface area contributed by atoms with Gasteiger partial charge in [0.25, 0.3) is 10.0 Å². The highest BCUT2D eigenvalue weighted by atomic mass is 35.5. The Balaban J connectivity index is 2.75. The van der Waals surface area contributed by atoms with E-state index in [2.05, 4.69) is 0 Å². The lowest BCUT2D eigenvalue weighted by molar-refractivity contribution is -0.119. The summed E-state index contributed by atoms with van der Waals surface area (Å²) in [6, 6.07) is 4.90. The first kappa shape index (κ1) is 13.8. The first-order chi connectivity index (χ1) is 7.95. The van der Waals surface area contributed by atoms with Gasteiger partial charge in [0.15, 0.2) is 0 Å². The normalized spacial score (nSPS) is 11.1. The van der Waals surface area contributed by atoms with Crippen molar-refractivity contribution in [3.05, 3.63) is 24.3 Å². The van der Waals surface area contributed by atoms with Crippen molar-refractivity contribution in [3.8, 4) is 5.75 Å². The number of amides is 1. The minimum absolute atomic E-state index is 0.0441. The predicted octanol–water partition coefficient (Wildman–Crippen LogP) is 1.22. The number of hydrogen-bond acceptors (Lipinski definition) is 4. The molecule has 1 aromatic rings. The number of phenolic OH excluding ortho intramolecular Hbond substituents is 1. The van der Waals surface area contributed by atoms with Crippen LogP contribution >= 0.6 is 11.6 Å². The molecule has 0 atom stereocenters. The summed E-state index contributed by atoms with van der Waals surface area (Å²) in [5.41, 5.74) is 0. The Morgan fingerprint density at radius 1 is 1.29 bits per heavy atom. The quantitative estimate of drug-likeness (QED) is 0.793. The van der Waals surface area contributed by atoms with E-state index < -0.39 is 15.9 Å². The van der Waals surface area contributed by atoms with Gasteiger partial charge in [0.2, 0.25) is 5.91 Å². The second-order valence-electron chi connectivity index (χ2n) is 3.32. The molecule has 0 spiro atoms. The van der Waals surface area contributed by atoms with Gasteiger partial charge in [-0.25, -0.2) is 13.1 Å². The molecular weight excluding hydrogens is 266 g/mol. The third-order valence-corrected chi connectivity index (χ3v) is 3.59. The number of nitrogens with one attached hydrogen (secondary N) is 1. The van der Waals surface area contributed by atoms with Gasteiger partial charge in [-0.15, -0.1) is 11.6 Å². The van der Waals surface area contributed by atoms with Crippen molar-refractivity contribution in [1.82, 2.24) is 4.72 Å². The van der Waals surface area contributed by atoms with E-state index in [9.17, 15) is 13.2 Å². The average molecular weight is 278 g/mol. The minimum atomic E-state index is -3.86. The second-order valence-corrected chi connectivity index (χ2v) is 5.38. The van der Waals surface area contributed by atoms with Crippen molar-refractivity contribution in [1.29, 1.82) is 0 Å². The highest BCUT2D eigenvalue weighted by Crippen LogP contribution is 2.14. The van der Waals surface area contributed by atoms with Crippen LogP contribution in [-0.4, -0.2) is 25.3 Å². The molecule has 0 aliphatic rings. The van der Waals surface area contributed by atoms with E-state index in [1.54, 1.807) is 0 Å². The van der Waals surface area contributed by atoms with Gasteiger partial charge in [-0.2, -0.15) is 0 Å². The summed E-state index contributed by atoms with van der Waals surface area (Å²) in [5.74, 6) is -0.344. The average Bonchev–Trinajstić information content (AvgIpc) is 2.26. The van der Waals surface area contributed by atoms with Crippen LogP contribution in [0.3, 0.4) is 0 Å². The maximum absolute atomic E-state index is 11.7. The number of hydrogen-bond donors (Lipinski definition) is 2. The van der Waals surface area contributed by atoms with Gasteiger partial charge in [0.05, 0.1) is 4.90 Å². The van der Waals surface area contributed by atoms with E-state index in [-0.39, 0.29) is 17.1 Å². The van der Waals surface area contributed by atoms with Crippen LogP contribution in [0.15, 0.2) is 29.2 Å². The SMILES string of the molecule is O=C(CCCCl)NS(=O)(=O)c1ccc(O)cc1. The Bertz CT molecular complexity index is 484. The fourth-order valence-corrected chi connectivity index (χ4v) is 2.26. The van der Waals surface area contributed by atoms with Gasteiger partial charge < -0.3 is 5.11 Å². The molecule has 0 saturated carbocycles. The number of sulfonamides is 1. The summed E-state index contributed by atoms with van der Waals surface area (Å²) in [4.78, 5) is 11.2. The van der Waals surface area contributed by atoms with Crippen molar-refractivity contribution >= 4 is 27.5 Å². The predicted molar refractivity (Wildman–Crippen MR) is 63.4 cm³/mol. The molecule has 1 aromatic carbocycles. The van der Waals surface area contributed by atoms with Gasteiger partial charge in [0.1, 0.15) is 5.75 Å². The molecule has 0 aliphatic heterocycles. The molecule has 0 unspecified atom stereocenters. The van der Waals surface area contributed by atoms with Crippen LogP contribution in [0.5, 0.6) is 5.75 Å². The summed E-state index contributed by atoms with van der Waals surface area (Å²) in [6.45, 7) is 0. The van der Waals surface area contributed by atoms with E-state index >= 15 is 0 Å². The van der Waals surface area contributed by atoms with Gasteiger partial charge in [0, 0.05) is 12.3 Å². The number of rotatable bonds is 5. The summed E-state index contributed by atoms with van der Waals surface area (Å²) in [5, 5.41) is 9.02. The zero-order chi connectivity index (χ0) is 12.9. The van der Waals surface area contributed by atoms with E-state index in [0.717, 1.165) is 0 Å². The van der Waals surface area contributed by atoms with Crippen molar-refractivity contribution in [2.45, 2.75) is 17.7 Å². The van der Waals surface area contributed by atoms with E-state index in [0.29, 0.717) is 12.3 Å². The van der Waals surface area contributed by atoms with Crippen LogP contribution in [0.25, 0.3) is 0 Å². The maximum atomic E-state index is 11.7. The Hall–Kier alpha value is -1.27. The zero-order valence-electron chi connectivity index (χ0n) is 8.89. The Labute approximate surface area is 104 Å². The number of halogens is 1. The van der Waals surface area contributed by atoms with Crippen molar-refractivity contribution in [3.63, 3.8) is 0 Å². The van der Waals surface area contributed by atoms with E-state index in [1.165, 1.54) is 24.3 Å². The molecule has 0 saturated heterocycles. The maximum Gasteiger partial charge on any atom is 0.264 e.